The van der Waals surface area contributed by atoms with Crippen molar-refractivity contribution in [1.82, 2.24) is 0 Å². The van der Waals surface area contributed by atoms with Crippen LogP contribution in [0.5, 0.6) is 0 Å². The number of unbranched alkanes of at least 4 members (excludes halogenated alkanes) is 15. The summed E-state index contributed by atoms with van der Waals surface area (Å²) in [5, 5.41) is 0. The van der Waals surface area contributed by atoms with Crippen molar-refractivity contribution in [3.05, 3.63) is 41.5 Å². The Morgan fingerprint density at radius 2 is 1.10 bits per heavy atom. The van der Waals surface area contributed by atoms with Gasteiger partial charge in [-0.15, -0.1) is 0 Å². The first kappa shape index (κ1) is 25.5. The lowest BCUT2D eigenvalue weighted by molar-refractivity contribution is -0.113. The van der Waals surface area contributed by atoms with Gasteiger partial charge in [0.15, 0.2) is 0 Å². The van der Waals surface area contributed by atoms with Gasteiger partial charge in [0.1, 0.15) is 0 Å². The Labute approximate surface area is 180 Å². The van der Waals surface area contributed by atoms with Crippen LogP contribution >= 0.6 is 0 Å². The molecule has 1 amide bonds. The molecule has 0 aromatic heterocycles. The summed E-state index contributed by atoms with van der Waals surface area (Å²) in [5.41, 5.74) is 7.53. The van der Waals surface area contributed by atoms with Crippen LogP contribution in [0.3, 0.4) is 0 Å². The van der Waals surface area contributed by atoms with E-state index in [0.717, 1.165) is 12.0 Å². The zero-order chi connectivity index (χ0) is 21.0. The number of carbonyl (C=O) groups excluding carboxylic acids is 1. The van der Waals surface area contributed by atoms with E-state index in [2.05, 4.69) is 31.2 Å². The average Bonchev–Trinajstić information content (AvgIpc) is 2.72. The molecule has 0 heterocycles. The summed E-state index contributed by atoms with van der Waals surface area (Å²) in [4.78, 5) is 10.8. The third-order valence-electron chi connectivity index (χ3n) is 5.74. The van der Waals surface area contributed by atoms with Crippen LogP contribution in [0.1, 0.15) is 121 Å². The fourth-order valence-electron chi connectivity index (χ4n) is 3.85. The second kappa shape index (κ2) is 18.5. The highest BCUT2D eigenvalue weighted by Gasteiger charge is 1.97. The topological polar surface area (TPSA) is 43.1 Å². The monoisotopic (exact) mass is 399 g/mol. The molecule has 0 aliphatic heterocycles. The molecular formula is C27H45NO. The summed E-state index contributed by atoms with van der Waals surface area (Å²) in [7, 11) is 0. The number of aryl methyl sites for hydroxylation is 1. The van der Waals surface area contributed by atoms with Gasteiger partial charge in [-0.2, -0.15) is 0 Å². The zero-order valence-corrected chi connectivity index (χ0v) is 19.0. The molecule has 0 aliphatic rings. The zero-order valence-electron chi connectivity index (χ0n) is 19.0. The van der Waals surface area contributed by atoms with Crippen molar-refractivity contribution < 1.29 is 4.79 Å². The van der Waals surface area contributed by atoms with Crippen LogP contribution in [0.15, 0.2) is 30.3 Å². The fourth-order valence-corrected chi connectivity index (χ4v) is 3.85. The van der Waals surface area contributed by atoms with Gasteiger partial charge in [-0.3, -0.25) is 4.79 Å². The molecule has 2 N–H and O–H groups in total. The van der Waals surface area contributed by atoms with Crippen molar-refractivity contribution in [2.75, 3.05) is 0 Å². The van der Waals surface area contributed by atoms with E-state index in [0.29, 0.717) is 0 Å². The van der Waals surface area contributed by atoms with E-state index in [1.54, 1.807) is 6.08 Å². The Bertz CT molecular complexity index is 532. The van der Waals surface area contributed by atoms with E-state index in [1.807, 2.05) is 0 Å². The van der Waals surface area contributed by atoms with E-state index >= 15 is 0 Å². The second-order valence-corrected chi connectivity index (χ2v) is 8.53. The Balaban J connectivity index is 1.86. The number of hydrogen-bond donors (Lipinski definition) is 1. The third-order valence-corrected chi connectivity index (χ3v) is 5.74. The normalized spacial score (nSPS) is 11.3. The van der Waals surface area contributed by atoms with Crippen LogP contribution in [0.2, 0.25) is 0 Å². The van der Waals surface area contributed by atoms with Crippen molar-refractivity contribution in [3.8, 4) is 0 Å². The highest BCUT2D eigenvalue weighted by molar-refractivity contribution is 5.90. The Hall–Kier alpha value is -1.57. The lowest BCUT2D eigenvalue weighted by Gasteiger charge is -2.04. The SMILES string of the molecule is CCCCCCCCCCCCCCCCCCc1ccc(C=CC(N)=O)cc1. The first-order valence-corrected chi connectivity index (χ1v) is 12.3. The minimum Gasteiger partial charge on any atom is -0.366 e. The molecule has 0 atom stereocenters. The van der Waals surface area contributed by atoms with Crippen LogP contribution in [-0.4, -0.2) is 5.91 Å². The number of amides is 1. The molecule has 1 aromatic rings. The molecule has 0 fully saturated rings. The quantitative estimate of drug-likeness (QED) is 0.186. The Kier molecular flexibility index (Phi) is 16.2. The first-order valence-electron chi connectivity index (χ1n) is 12.3. The number of primary amides is 1. The van der Waals surface area contributed by atoms with E-state index in [4.69, 9.17) is 5.73 Å². The fraction of sp³-hybridized carbons (Fsp3) is 0.667. The minimum atomic E-state index is -0.401. The van der Waals surface area contributed by atoms with Crippen molar-refractivity contribution in [2.24, 2.45) is 5.73 Å². The molecular weight excluding hydrogens is 354 g/mol. The molecule has 0 bridgehead atoms. The van der Waals surface area contributed by atoms with E-state index in [1.165, 1.54) is 114 Å². The molecule has 0 saturated heterocycles. The van der Waals surface area contributed by atoms with Crippen molar-refractivity contribution in [1.29, 1.82) is 0 Å². The van der Waals surface area contributed by atoms with Gasteiger partial charge >= 0.3 is 0 Å². The van der Waals surface area contributed by atoms with E-state index in [9.17, 15) is 4.79 Å². The molecule has 0 unspecified atom stereocenters. The Morgan fingerprint density at radius 1 is 0.690 bits per heavy atom. The highest BCUT2D eigenvalue weighted by Crippen LogP contribution is 2.15. The summed E-state index contributed by atoms with van der Waals surface area (Å²) >= 11 is 0. The maximum atomic E-state index is 10.8. The van der Waals surface area contributed by atoms with Gasteiger partial charge in [0.2, 0.25) is 5.91 Å². The van der Waals surface area contributed by atoms with Crippen LogP contribution in [0.4, 0.5) is 0 Å². The lowest BCUT2D eigenvalue weighted by atomic mass is 10.0. The van der Waals surface area contributed by atoms with Gasteiger partial charge in [0.25, 0.3) is 0 Å². The summed E-state index contributed by atoms with van der Waals surface area (Å²) in [6, 6.07) is 8.43. The largest absolute Gasteiger partial charge is 0.366 e. The number of hydrogen-bond acceptors (Lipinski definition) is 1. The molecule has 1 rings (SSSR count). The van der Waals surface area contributed by atoms with Gasteiger partial charge < -0.3 is 5.73 Å². The van der Waals surface area contributed by atoms with Crippen LogP contribution in [0, 0.1) is 0 Å². The third kappa shape index (κ3) is 16.0. The smallest absolute Gasteiger partial charge is 0.241 e. The molecule has 2 nitrogen and oxygen atoms in total. The first-order chi connectivity index (χ1) is 14.2. The maximum absolute atomic E-state index is 10.8. The molecule has 29 heavy (non-hydrogen) atoms. The maximum Gasteiger partial charge on any atom is 0.241 e. The Morgan fingerprint density at radius 3 is 1.52 bits per heavy atom. The van der Waals surface area contributed by atoms with E-state index < -0.39 is 5.91 Å². The highest BCUT2D eigenvalue weighted by atomic mass is 16.1. The van der Waals surface area contributed by atoms with Crippen LogP contribution < -0.4 is 5.73 Å². The van der Waals surface area contributed by atoms with Gasteiger partial charge in [0.05, 0.1) is 0 Å². The molecule has 0 radical (unpaired) electrons. The average molecular weight is 400 g/mol. The second-order valence-electron chi connectivity index (χ2n) is 8.53. The van der Waals surface area contributed by atoms with Crippen molar-refractivity contribution in [2.45, 2.75) is 116 Å². The van der Waals surface area contributed by atoms with Crippen molar-refractivity contribution in [3.63, 3.8) is 0 Å². The predicted molar refractivity (Wildman–Crippen MR) is 128 cm³/mol. The lowest BCUT2D eigenvalue weighted by Crippen LogP contribution is -2.05. The number of nitrogens with two attached hydrogens (primary N) is 1. The minimum absolute atomic E-state index is 0.401. The van der Waals surface area contributed by atoms with Crippen molar-refractivity contribution >= 4 is 12.0 Å². The summed E-state index contributed by atoms with van der Waals surface area (Å²) in [5.74, 6) is -0.401. The predicted octanol–water partition coefficient (Wildman–Crippen LogP) is 7.99. The van der Waals surface area contributed by atoms with Crippen LogP contribution in [0.25, 0.3) is 6.08 Å². The summed E-state index contributed by atoms with van der Waals surface area (Å²) in [6.07, 6.45) is 26.9. The van der Waals surface area contributed by atoms with E-state index in [-0.39, 0.29) is 0 Å². The summed E-state index contributed by atoms with van der Waals surface area (Å²) in [6.45, 7) is 2.29. The van der Waals surface area contributed by atoms with Gasteiger partial charge in [0, 0.05) is 6.08 Å². The molecule has 164 valence electrons. The van der Waals surface area contributed by atoms with Gasteiger partial charge in [-0.25, -0.2) is 0 Å². The van der Waals surface area contributed by atoms with Gasteiger partial charge in [-0.05, 0) is 30.0 Å². The molecule has 0 aliphatic carbocycles. The molecule has 1 aromatic carbocycles. The number of benzene rings is 1. The van der Waals surface area contributed by atoms with Crippen LogP contribution in [-0.2, 0) is 11.2 Å². The molecule has 2 heteroatoms. The number of rotatable bonds is 19. The molecule has 0 saturated carbocycles. The summed E-state index contributed by atoms with van der Waals surface area (Å²) < 4.78 is 0. The standard InChI is InChI=1S/C27H45NO/c1-2-3-4-5-6-7-8-9-10-11-12-13-14-15-16-17-18-25-19-21-26(22-20-25)23-24-27(28)29/h19-24H,2-18H2,1H3,(H2,28,29). The molecule has 0 spiro atoms. The van der Waals surface area contributed by atoms with Gasteiger partial charge in [-0.1, -0.05) is 128 Å². The number of carbonyl (C=O) groups is 1.